The molecule has 0 aromatic carbocycles. The van der Waals surface area contributed by atoms with Gasteiger partial charge < -0.3 is 10.2 Å². The number of nitrogens with zero attached hydrogens (tertiary/aromatic N) is 1. The van der Waals surface area contributed by atoms with E-state index in [2.05, 4.69) is 5.32 Å². The Morgan fingerprint density at radius 1 is 1.69 bits per heavy atom. The molecule has 0 spiro atoms. The van der Waals surface area contributed by atoms with Gasteiger partial charge in [0, 0.05) is 19.0 Å². The van der Waals surface area contributed by atoms with Crippen molar-refractivity contribution in [2.75, 3.05) is 18.9 Å². The number of carbonyl (C=O) groups is 1. The molecule has 4 heteroatoms. The average molecular weight is 198 g/mol. The lowest BCUT2D eigenvalue weighted by Crippen LogP contribution is -2.31. The van der Waals surface area contributed by atoms with E-state index in [0.29, 0.717) is 0 Å². The summed E-state index contributed by atoms with van der Waals surface area (Å²) in [4.78, 5) is 13.1. The van der Waals surface area contributed by atoms with Gasteiger partial charge in [-0.15, -0.1) is 0 Å². The first-order valence-electron chi connectivity index (χ1n) is 4.28. The quantitative estimate of drug-likeness (QED) is 0.795. The highest BCUT2D eigenvalue weighted by atomic mass is 32.1. The third-order valence-electron chi connectivity index (χ3n) is 1.68. The number of amides is 2. The van der Waals surface area contributed by atoms with Crippen molar-refractivity contribution in [3.63, 3.8) is 0 Å². The SMILES string of the molecule is CCCN(C)C(=O)Nc1ccsc1. The topological polar surface area (TPSA) is 32.3 Å². The van der Waals surface area contributed by atoms with Gasteiger partial charge in [-0.05, 0) is 17.9 Å². The van der Waals surface area contributed by atoms with Gasteiger partial charge in [-0.3, -0.25) is 0 Å². The minimum Gasteiger partial charge on any atom is -0.328 e. The summed E-state index contributed by atoms with van der Waals surface area (Å²) in [6.07, 6.45) is 0.980. The minimum atomic E-state index is -0.0414. The third-order valence-corrected chi connectivity index (χ3v) is 2.36. The maximum absolute atomic E-state index is 11.4. The van der Waals surface area contributed by atoms with Gasteiger partial charge in [0.1, 0.15) is 0 Å². The average Bonchev–Trinajstić information content (AvgIpc) is 2.57. The number of nitrogens with one attached hydrogen (secondary N) is 1. The molecule has 0 fully saturated rings. The molecular formula is C9H14N2OS. The van der Waals surface area contributed by atoms with E-state index >= 15 is 0 Å². The zero-order valence-electron chi connectivity index (χ0n) is 7.91. The van der Waals surface area contributed by atoms with Crippen molar-refractivity contribution >= 4 is 23.1 Å². The summed E-state index contributed by atoms with van der Waals surface area (Å²) in [6, 6.07) is 1.85. The second kappa shape index (κ2) is 4.87. The van der Waals surface area contributed by atoms with Crippen LogP contribution in [0.4, 0.5) is 10.5 Å². The fraction of sp³-hybridized carbons (Fsp3) is 0.444. The molecule has 0 bridgehead atoms. The van der Waals surface area contributed by atoms with Gasteiger partial charge in [0.2, 0.25) is 0 Å². The molecule has 0 unspecified atom stereocenters. The first-order chi connectivity index (χ1) is 6.24. The molecule has 0 saturated heterocycles. The Kier molecular flexibility index (Phi) is 3.76. The molecule has 0 aliphatic rings. The fourth-order valence-electron chi connectivity index (χ4n) is 0.991. The first-order valence-corrected chi connectivity index (χ1v) is 5.22. The lowest BCUT2D eigenvalue weighted by Gasteiger charge is -2.15. The highest BCUT2D eigenvalue weighted by Gasteiger charge is 2.06. The van der Waals surface area contributed by atoms with E-state index in [4.69, 9.17) is 0 Å². The van der Waals surface area contributed by atoms with E-state index in [-0.39, 0.29) is 6.03 Å². The van der Waals surface area contributed by atoms with Crippen LogP contribution >= 0.6 is 11.3 Å². The number of hydrogen-bond donors (Lipinski definition) is 1. The summed E-state index contributed by atoms with van der Waals surface area (Å²) < 4.78 is 0. The van der Waals surface area contributed by atoms with Crippen LogP contribution in [0.1, 0.15) is 13.3 Å². The number of rotatable bonds is 3. The number of carbonyl (C=O) groups excluding carboxylic acids is 1. The summed E-state index contributed by atoms with van der Waals surface area (Å²) in [5, 5.41) is 6.66. The van der Waals surface area contributed by atoms with Crippen LogP contribution in [0.3, 0.4) is 0 Å². The molecule has 0 aliphatic heterocycles. The Morgan fingerprint density at radius 2 is 2.46 bits per heavy atom. The number of thiophene rings is 1. The highest BCUT2D eigenvalue weighted by molar-refractivity contribution is 7.08. The van der Waals surface area contributed by atoms with Gasteiger partial charge in [0.05, 0.1) is 5.69 Å². The van der Waals surface area contributed by atoms with Gasteiger partial charge in [-0.25, -0.2) is 4.79 Å². The van der Waals surface area contributed by atoms with Gasteiger partial charge in [0.15, 0.2) is 0 Å². The van der Waals surface area contributed by atoms with Crippen LogP contribution < -0.4 is 5.32 Å². The van der Waals surface area contributed by atoms with Crippen molar-refractivity contribution in [2.45, 2.75) is 13.3 Å². The van der Waals surface area contributed by atoms with Gasteiger partial charge in [0.25, 0.3) is 0 Å². The number of anilines is 1. The van der Waals surface area contributed by atoms with Gasteiger partial charge >= 0.3 is 6.03 Å². The molecule has 0 aliphatic carbocycles. The van der Waals surface area contributed by atoms with Crippen LogP contribution in [0, 0.1) is 0 Å². The molecule has 3 nitrogen and oxygen atoms in total. The highest BCUT2D eigenvalue weighted by Crippen LogP contribution is 2.12. The zero-order chi connectivity index (χ0) is 9.68. The van der Waals surface area contributed by atoms with Crippen LogP contribution in [-0.4, -0.2) is 24.5 Å². The molecule has 0 atom stereocenters. The molecular weight excluding hydrogens is 184 g/mol. The lowest BCUT2D eigenvalue weighted by molar-refractivity contribution is 0.222. The molecule has 1 heterocycles. The largest absolute Gasteiger partial charge is 0.328 e. The molecule has 2 amide bonds. The van der Waals surface area contributed by atoms with E-state index in [0.717, 1.165) is 18.7 Å². The molecule has 0 saturated carbocycles. The van der Waals surface area contributed by atoms with E-state index in [1.807, 2.05) is 23.8 Å². The van der Waals surface area contributed by atoms with Gasteiger partial charge in [-0.2, -0.15) is 11.3 Å². The summed E-state index contributed by atoms with van der Waals surface area (Å²) in [6.45, 7) is 2.84. The van der Waals surface area contributed by atoms with Crippen molar-refractivity contribution in [1.29, 1.82) is 0 Å². The van der Waals surface area contributed by atoms with Crippen LogP contribution in [0.5, 0.6) is 0 Å². The maximum atomic E-state index is 11.4. The monoisotopic (exact) mass is 198 g/mol. The molecule has 13 heavy (non-hydrogen) atoms. The Balaban J connectivity index is 2.41. The molecule has 1 N–H and O–H groups in total. The Morgan fingerprint density at radius 3 is 3.00 bits per heavy atom. The van der Waals surface area contributed by atoms with E-state index in [1.54, 1.807) is 23.3 Å². The lowest BCUT2D eigenvalue weighted by atomic mass is 10.4. The standard InChI is InChI=1S/C9H14N2OS/c1-3-5-11(2)9(12)10-8-4-6-13-7-8/h4,6-7H,3,5H2,1-2H3,(H,10,12). The fourth-order valence-corrected chi connectivity index (χ4v) is 1.58. The maximum Gasteiger partial charge on any atom is 0.321 e. The van der Waals surface area contributed by atoms with E-state index < -0.39 is 0 Å². The molecule has 0 radical (unpaired) electrons. The smallest absolute Gasteiger partial charge is 0.321 e. The van der Waals surface area contributed by atoms with Crippen LogP contribution in [0.2, 0.25) is 0 Å². The van der Waals surface area contributed by atoms with E-state index in [1.165, 1.54) is 0 Å². The van der Waals surface area contributed by atoms with Crippen LogP contribution in [0.15, 0.2) is 16.8 Å². The normalized spacial score (nSPS) is 9.69. The van der Waals surface area contributed by atoms with Crippen molar-refractivity contribution in [3.8, 4) is 0 Å². The Bertz CT molecular complexity index is 259. The third kappa shape index (κ3) is 3.06. The summed E-state index contributed by atoms with van der Waals surface area (Å²) in [5.41, 5.74) is 0.873. The van der Waals surface area contributed by atoms with Gasteiger partial charge in [-0.1, -0.05) is 6.92 Å². The minimum absolute atomic E-state index is 0.0414. The summed E-state index contributed by atoms with van der Waals surface area (Å²) >= 11 is 1.57. The molecule has 72 valence electrons. The number of urea groups is 1. The van der Waals surface area contributed by atoms with E-state index in [9.17, 15) is 4.79 Å². The van der Waals surface area contributed by atoms with Crippen molar-refractivity contribution in [2.24, 2.45) is 0 Å². The number of hydrogen-bond acceptors (Lipinski definition) is 2. The zero-order valence-corrected chi connectivity index (χ0v) is 8.73. The second-order valence-corrected chi connectivity index (χ2v) is 3.64. The molecule has 1 aromatic heterocycles. The Labute approximate surface area is 82.4 Å². The molecule has 1 aromatic rings. The molecule has 1 rings (SSSR count). The van der Waals surface area contributed by atoms with Crippen molar-refractivity contribution in [1.82, 2.24) is 4.90 Å². The second-order valence-electron chi connectivity index (χ2n) is 2.86. The van der Waals surface area contributed by atoms with Crippen LogP contribution in [-0.2, 0) is 0 Å². The Hall–Kier alpha value is -1.03. The summed E-state index contributed by atoms with van der Waals surface area (Å²) in [5.74, 6) is 0. The predicted octanol–water partition coefficient (Wildman–Crippen LogP) is 2.62. The predicted molar refractivity (Wildman–Crippen MR) is 56.3 cm³/mol. The van der Waals surface area contributed by atoms with Crippen molar-refractivity contribution in [3.05, 3.63) is 16.8 Å². The summed E-state index contributed by atoms with van der Waals surface area (Å²) in [7, 11) is 1.80. The van der Waals surface area contributed by atoms with Crippen LogP contribution in [0.25, 0.3) is 0 Å². The van der Waals surface area contributed by atoms with Crippen molar-refractivity contribution < 1.29 is 4.79 Å². The first kappa shape index (κ1) is 10.1.